The van der Waals surface area contributed by atoms with Crippen molar-refractivity contribution in [2.75, 3.05) is 41.7 Å². The lowest BCUT2D eigenvalue weighted by atomic mass is 9.98. The fraction of sp³-hybridized carbons (Fsp3) is 0.318. The summed E-state index contributed by atoms with van der Waals surface area (Å²) in [5.74, 6) is 1.51. The van der Waals surface area contributed by atoms with Crippen LogP contribution in [-0.2, 0) is 14.2 Å². The zero-order chi connectivity index (χ0) is 21.5. The summed E-state index contributed by atoms with van der Waals surface area (Å²) in [6.07, 6.45) is 0. The van der Waals surface area contributed by atoms with Crippen LogP contribution < -0.4 is 19.8 Å². The summed E-state index contributed by atoms with van der Waals surface area (Å²) < 4.78 is 37.0. The third-order valence-corrected chi connectivity index (χ3v) is 4.38. The standard InChI is InChI=1S/C22H24O8/c1-14-17-7-5-16(28-12-25-3)10-20(17)30-22(23)21(14)18-8-6-15(27-11-24-2)9-19(18)29-13-26-4/h5-10H,11-13H2,1-4H3. The van der Waals surface area contributed by atoms with Gasteiger partial charge < -0.3 is 32.8 Å². The smallest absolute Gasteiger partial charge is 0.344 e. The lowest BCUT2D eigenvalue weighted by molar-refractivity contribution is 0.0463. The van der Waals surface area contributed by atoms with Crippen LogP contribution in [0.15, 0.2) is 45.6 Å². The number of fused-ring (bicyclic) bond motifs is 1. The Balaban J connectivity index is 2.09. The fourth-order valence-electron chi connectivity index (χ4n) is 3.03. The molecule has 0 aliphatic carbocycles. The van der Waals surface area contributed by atoms with E-state index < -0.39 is 5.63 Å². The zero-order valence-electron chi connectivity index (χ0n) is 17.4. The number of hydrogen-bond donors (Lipinski definition) is 0. The summed E-state index contributed by atoms with van der Waals surface area (Å²) in [5, 5.41) is 0.784. The van der Waals surface area contributed by atoms with E-state index in [0.29, 0.717) is 34.0 Å². The first-order valence-electron chi connectivity index (χ1n) is 9.16. The molecule has 0 bridgehead atoms. The minimum absolute atomic E-state index is 0.0128. The van der Waals surface area contributed by atoms with Crippen LogP contribution in [0.1, 0.15) is 5.56 Å². The molecule has 3 aromatic rings. The Kier molecular flexibility index (Phi) is 7.29. The summed E-state index contributed by atoms with van der Waals surface area (Å²) in [4.78, 5) is 12.9. The van der Waals surface area contributed by atoms with Crippen LogP contribution in [0.3, 0.4) is 0 Å². The van der Waals surface area contributed by atoms with Gasteiger partial charge in [-0.2, -0.15) is 0 Å². The van der Waals surface area contributed by atoms with E-state index in [2.05, 4.69) is 0 Å². The maximum Gasteiger partial charge on any atom is 0.344 e. The molecule has 1 aromatic heterocycles. The maximum atomic E-state index is 12.9. The van der Waals surface area contributed by atoms with Gasteiger partial charge in [-0.15, -0.1) is 0 Å². The normalized spacial score (nSPS) is 10.9. The van der Waals surface area contributed by atoms with Crippen LogP contribution in [0.25, 0.3) is 22.1 Å². The molecule has 2 aromatic carbocycles. The molecule has 3 rings (SSSR count). The average molecular weight is 416 g/mol. The number of ether oxygens (including phenoxy) is 6. The van der Waals surface area contributed by atoms with Crippen LogP contribution in [0.4, 0.5) is 0 Å². The highest BCUT2D eigenvalue weighted by atomic mass is 16.7. The van der Waals surface area contributed by atoms with E-state index in [1.54, 1.807) is 30.3 Å². The summed E-state index contributed by atoms with van der Waals surface area (Å²) in [5.41, 5.74) is 1.67. The van der Waals surface area contributed by atoms with Gasteiger partial charge in [-0.05, 0) is 36.8 Å². The average Bonchev–Trinajstić information content (AvgIpc) is 2.75. The predicted molar refractivity (Wildman–Crippen MR) is 110 cm³/mol. The van der Waals surface area contributed by atoms with Crippen LogP contribution in [-0.4, -0.2) is 41.7 Å². The van der Waals surface area contributed by atoms with Gasteiger partial charge in [0.25, 0.3) is 0 Å². The molecule has 160 valence electrons. The minimum atomic E-state index is -0.489. The Bertz CT molecular complexity index is 1060. The molecular weight excluding hydrogens is 392 g/mol. The second-order valence-corrected chi connectivity index (χ2v) is 6.36. The second kappa shape index (κ2) is 10.1. The fourth-order valence-corrected chi connectivity index (χ4v) is 3.03. The van der Waals surface area contributed by atoms with Gasteiger partial charge in [0, 0.05) is 44.4 Å². The first-order chi connectivity index (χ1) is 14.6. The van der Waals surface area contributed by atoms with E-state index in [9.17, 15) is 4.79 Å². The monoisotopic (exact) mass is 416 g/mol. The van der Waals surface area contributed by atoms with Crippen LogP contribution in [0, 0.1) is 6.92 Å². The first kappa shape index (κ1) is 21.6. The van der Waals surface area contributed by atoms with Gasteiger partial charge in [0.05, 0.1) is 5.56 Å². The van der Waals surface area contributed by atoms with Crippen molar-refractivity contribution in [1.29, 1.82) is 0 Å². The van der Waals surface area contributed by atoms with E-state index in [1.807, 2.05) is 13.0 Å². The summed E-state index contributed by atoms with van der Waals surface area (Å²) in [6.45, 7) is 2.07. The highest BCUT2D eigenvalue weighted by Crippen LogP contribution is 2.36. The van der Waals surface area contributed by atoms with Crippen LogP contribution in [0.5, 0.6) is 17.2 Å². The predicted octanol–water partition coefficient (Wildman–Crippen LogP) is 3.72. The van der Waals surface area contributed by atoms with E-state index in [-0.39, 0.29) is 20.4 Å². The number of methoxy groups -OCH3 is 3. The molecule has 0 amide bonds. The molecule has 0 saturated carbocycles. The molecule has 1 heterocycles. The van der Waals surface area contributed by atoms with Crippen LogP contribution in [0.2, 0.25) is 0 Å². The van der Waals surface area contributed by atoms with Crippen molar-refractivity contribution in [3.05, 3.63) is 52.4 Å². The molecule has 0 saturated heterocycles. The molecular formula is C22H24O8. The molecule has 8 heteroatoms. The van der Waals surface area contributed by atoms with Crippen molar-refractivity contribution in [3.63, 3.8) is 0 Å². The summed E-state index contributed by atoms with van der Waals surface area (Å²) in [7, 11) is 4.59. The van der Waals surface area contributed by atoms with Crippen molar-refractivity contribution >= 4 is 11.0 Å². The Morgan fingerprint density at radius 1 is 0.800 bits per heavy atom. The van der Waals surface area contributed by atoms with Crippen molar-refractivity contribution < 1.29 is 32.8 Å². The number of rotatable bonds is 10. The van der Waals surface area contributed by atoms with Crippen molar-refractivity contribution in [3.8, 4) is 28.4 Å². The van der Waals surface area contributed by atoms with Crippen LogP contribution >= 0.6 is 0 Å². The third-order valence-electron chi connectivity index (χ3n) is 4.38. The molecule has 0 aliphatic heterocycles. The summed E-state index contributed by atoms with van der Waals surface area (Å²) in [6, 6.07) is 10.5. The maximum absolute atomic E-state index is 12.9. The highest BCUT2D eigenvalue weighted by molar-refractivity contribution is 5.88. The number of aryl methyl sites for hydroxylation is 1. The van der Waals surface area contributed by atoms with E-state index in [0.717, 1.165) is 10.9 Å². The molecule has 0 unspecified atom stereocenters. The van der Waals surface area contributed by atoms with Gasteiger partial charge in [-0.25, -0.2) is 4.79 Å². The second-order valence-electron chi connectivity index (χ2n) is 6.36. The molecule has 30 heavy (non-hydrogen) atoms. The zero-order valence-corrected chi connectivity index (χ0v) is 17.4. The minimum Gasteiger partial charge on any atom is -0.467 e. The Morgan fingerprint density at radius 3 is 2.07 bits per heavy atom. The van der Waals surface area contributed by atoms with Crippen molar-refractivity contribution in [2.24, 2.45) is 0 Å². The molecule has 0 radical (unpaired) electrons. The van der Waals surface area contributed by atoms with Gasteiger partial charge in [0.2, 0.25) is 0 Å². The quantitative estimate of drug-likeness (QED) is 0.365. The Labute approximate surface area is 173 Å². The summed E-state index contributed by atoms with van der Waals surface area (Å²) >= 11 is 0. The molecule has 0 atom stereocenters. The highest BCUT2D eigenvalue weighted by Gasteiger charge is 2.18. The molecule has 8 nitrogen and oxygen atoms in total. The number of benzene rings is 2. The largest absolute Gasteiger partial charge is 0.467 e. The third kappa shape index (κ3) is 4.73. The Morgan fingerprint density at radius 2 is 1.40 bits per heavy atom. The SMILES string of the molecule is COCOc1ccc(-c2c(C)c3ccc(OCOC)cc3oc2=O)c(OCOC)c1. The van der Waals surface area contributed by atoms with Gasteiger partial charge >= 0.3 is 5.63 Å². The lowest BCUT2D eigenvalue weighted by Gasteiger charge is -2.15. The molecule has 0 N–H and O–H groups in total. The topological polar surface area (TPSA) is 85.6 Å². The van der Waals surface area contributed by atoms with Crippen molar-refractivity contribution in [1.82, 2.24) is 0 Å². The van der Waals surface area contributed by atoms with Gasteiger partial charge in [-0.3, -0.25) is 0 Å². The van der Waals surface area contributed by atoms with Gasteiger partial charge in [0.15, 0.2) is 20.4 Å². The number of hydrogen-bond acceptors (Lipinski definition) is 8. The van der Waals surface area contributed by atoms with E-state index in [4.69, 9.17) is 32.8 Å². The van der Waals surface area contributed by atoms with E-state index >= 15 is 0 Å². The van der Waals surface area contributed by atoms with E-state index in [1.165, 1.54) is 21.3 Å². The molecule has 0 aliphatic rings. The Hall–Kier alpha value is -3.07. The van der Waals surface area contributed by atoms with Crippen molar-refractivity contribution in [2.45, 2.75) is 6.92 Å². The molecule has 0 spiro atoms. The van der Waals surface area contributed by atoms with Gasteiger partial charge in [-0.1, -0.05) is 0 Å². The lowest BCUT2D eigenvalue weighted by Crippen LogP contribution is -2.09. The first-order valence-corrected chi connectivity index (χ1v) is 9.16. The van der Waals surface area contributed by atoms with Gasteiger partial charge in [0.1, 0.15) is 22.8 Å². The molecule has 0 fully saturated rings.